The van der Waals surface area contributed by atoms with Crippen molar-refractivity contribution in [3.63, 3.8) is 0 Å². The van der Waals surface area contributed by atoms with Crippen molar-refractivity contribution in [2.24, 2.45) is 5.92 Å². The quantitative estimate of drug-likeness (QED) is 0.640. The average molecular weight is 370 g/mol. The molecule has 0 spiro atoms. The molecule has 0 saturated carbocycles. The molecule has 7 nitrogen and oxygen atoms in total. The molecule has 1 aliphatic rings. The first kappa shape index (κ1) is 19.3. The van der Waals surface area contributed by atoms with E-state index in [-0.39, 0.29) is 17.6 Å². The molecule has 0 unspecified atom stereocenters. The lowest BCUT2D eigenvalue weighted by Crippen LogP contribution is -2.42. The lowest BCUT2D eigenvalue weighted by molar-refractivity contribution is -0.384. The number of amides is 1. The molecule has 1 aromatic rings. The van der Waals surface area contributed by atoms with Gasteiger partial charge in [0.05, 0.1) is 4.92 Å². The van der Waals surface area contributed by atoms with Gasteiger partial charge in [0.15, 0.2) is 0 Å². The van der Waals surface area contributed by atoms with Gasteiger partial charge in [0.25, 0.3) is 5.69 Å². The van der Waals surface area contributed by atoms with E-state index in [0.29, 0.717) is 23.8 Å². The van der Waals surface area contributed by atoms with Gasteiger partial charge >= 0.3 is 6.09 Å². The number of carbonyl (C=O) groups is 1. The second-order valence-electron chi connectivity index (χ2n) is 7.32. The van der Waals surface area contributed by atoms with Crippen molar-refractivity contribution >= 4 is 29.1 Å². The lowest BCUT2D eigenvalue weighted by atomic mass is 10.0. The van der Waals surface area contributed by atoms with Gasteiger partial charge in [-0.15, -0.1) is 0 Å². The molecule has 1 N–H and O–H groups in total. The van der Waals surface area contributed by atoms with E-state index in [4.69, 9.17) is 16.3 Å². The largest absolute Gasteiger partial charge is 0.444 e. The molecule has 1 aromatic carbocycles. The fraction of sp³-hybridized carbons (Fsp3) is 0.588. The zero-order valence-corrected chi connectivity index (χ0v) is 15.7. The Morgan fingerprint density at radius 1 is 1.48 bits per heavy atom. The van der Waals surface area contributed by atoms with Crippen molar-refractivity contribution in [2.45, 2.75) is 45.8 Å². The smallest absolute Gasteiger partial charge is 0.407 e. The van der Waals surface area contributed by atoms with E-state index in [1.165, 1.54) is 6.07 Å². The van der Waals surface area contributed by atoms with Crippen LogP contribution in [-0.4, -0.2) is 35.7 Å². The van der Waals surface area contributed by atoms with Crippen molar-refractivity contribution in [3.8, 4) is 0 Å². The number of rotatable bonds is 4. The van der Waals surface area contributed by atoms with Gasteiger partial charge in [-0.3, -0.25) is 10.1 Å². The Balaban J connectivity index is 2.02. The van der Waals surface area contributed by atoms with Crippen molar-refractivity contribution in [1.82, 2.24) is 5.32 Å². The normalized spacial score (nSPS) is 18.8. The van der Waals surface area contributed by atoms with Crippen molar-refractivity contribution in [2.75, 3.05) is 18.0 Å². The number of halogens is 1. The van der Waals surface area contributed by atoms with E-state index in [0.717, 1.165) is 6.42 Å². The number of anilines is 1. The molecule has 1 fully saturated rings. The van der Waals surface area contributed by atoms with E-state index >= 15 is 0 Å². The van der Waals surface area contributed by atoms with Crippen LogP contribution in [0.3, 0.4) is 0 Å². The van der Waals surface area contributed by atoms with Gasteiger partial charge in [-0.05, 0) is 52.2 Å². The van der Waals surface area contributed by atoms with E-state index in [9.17, 15) is 14.9 Å². The minimum Gasteiger partial charge on any atom is -0.444 e. The highest BCUT2D eigenvalue weighted by atomic mass is 35.5. The topological polar surface area (TPSA) is 84.7 Å². The minimum atomic E-state index is -0.546. The third-order valence-electron chi connectivity index (χ3n) is 4.15. The Kier molecular flexibility index (Phi) is 5.77. The SMILES string of the molecule is C[C@@H](NC(=O)OC(C)(C)C)[C@@H]1CCN(c2ccc(Cl)cc2[N+](=O)[O-])C1. The summed E-state index contributed by atoms with van der Waals surface area (Å²) in [6.07, 6.45) is 0.382. The van der Waals surface area contributed by atoms with Crippen molar-refractivity contribution < 1.29 is 14.5 Å². The number of nitro benzene ring substituents is 1. The number of alkyl carbamates (subject to hydrolysis) is 1. The average Bonchev–Trinajstić information content (AvgIpc) is 2.94. The molecule has 1 amide bonds. The molecule has 1 heterocycles. The number of carbonyl (C=O) groups excluding carboxylic acids is 1. The molecule has 0 aromatic heterocycles. The van der Waals surface area contributed by atoms with Gasteiger partial charge in [-0.1, -0.05) is 11.6 Å². The van der Waals surface area contributed by atoms with Crippen LogP contribution in [0.15, 0.2) is 18.2 Å². The summed E-state index contributed by atoms with van der Waals surface area (Å²) in [6.45, 7) is 8.68. The summed E-state index contributed by atoms with van der Waals surface area (Å²) >= 11 is 5.87. The summed E-state index contributed by atoms with van der Waals surface area (Å²) < 4.78 is 5.28. The van der Waals surface area contributed by atoms with Crippen LogP contribution in [0.5, 0.6) is 0 Å². The maximum absolute atomic E-state index is 11.9. The molecule has 8 heteroatoms. The van der Waals surface area contributed by atoms with E-state index < -0.39 is 16.6 Å². The Labute approximate surface area is 152 Å². The van der Waals surface area contributed by atoms with Crippen LogP contribution < -0.4 is 10.2 Å². The van der Waals surface area contributed by atoms with Crippen LogP contribution >= 0.6 is 11.6 Å². The Bertz CT molecular complexity index is 660. The zero-order valence-electron chi connectivity index (χ0n) is 14.9. The molecule has 0 aliphatic carbocycles. The number of ether oxygens (including phenoxy) is 1. The second-order valence-corrected chi connectivity index (χ2v) is 7.76. The first-order chi connectivity index (χ1) is 11.6. The highest BCUT2D eigenvalue weighted by Crippen LogP contribution is 2.34. The van der Waals surface area contributed by atoms with Gasteiger partial charge in [-0.2, -0.15) is 0 Å². The number of nitrogens with zero attached hydrogens (tertiary/aromatic N) is 2. The molecule has 138 valence electrons. The van der Waals surface area contributed by atoms with Gasteiger partial charge in [0, 0.05) is 30.2 Å². The van der Waals surface area contributed by atoms with Gasteiger partial charge in [0.2, 0.25) is 0 Å². The number of nitro groups is 1. The zero-order chi connectivity index (χ0) is 18.8. The third-order valence-corrected chi connectivity index (χ3v) is 4.39. The second kappa shape index (κ2) is 7.47. The molecule has 1 aliphatic heterocycles. The monoisotopic (exact) mass is 369 g/mol. The molecule has 2 atom stereocenters. The van der Waals surface area contributed by atoms with Crippen LogP contribution in [0.25, 0.3) is 0 Å². The van der Waals surface area contributed by atoms with E-state index in [1.54, 1.807) is 12.1 Å². The maximum Gasteiger partial charge on any atom is 0.407 e. The summed E-state index contributed by atoms with van der Waals surface area (Å²) in [4.78, 5) is 24.7. The van der Waals surface area contributed by atoms with Gasteiger partial charge in [-0.25, -0.2) is 4.79 Å². The summed E-state index contributed by atoms with van der Waals surface area (Å²) in [5.41, 5.74) is 0.0115. The fourth-order valence-corrected chi connectivity index (χ4v) is 3.10. The summed E-state index contributed by atoms with van der Waals surface area (Å²) in [5.74, 6) is 0.183. The Morgan fingerprint density at radius 2 is 2.16 bits per heavy atom. The lowest BCUT2D eigenvalue weighted by Gasteiger charge is -2.25. The van der Waals surface area contributed by atoms with Crippen LogP contribution in [0, 0.1) is 16.0 Å². The summed E-state index contributed by atoms with van der Waals surface area (Å²) in [6, 6.07) is 4.60. The molecule has 2 rings (SSSR count). The molecule has 0 bridgehead atoms. The van der Waals surface area contributed by atoms with Crippen LogP contribution in [-0.2, 0) is 4.74 Å². The Hall–Kier alpha value is -2.02. The van der Waals surface area contributed by atoms with Gasteiger partial charge < -0.3 is 15.0 Å². The highest BCUT2D eigenvalue weighted by Gasteiger charge is 2.32. The van der Waals surface area contributed by atoms with Crippen LogP contribution in [0.1, 0.15) is 34.1 Å². The van der Waals surface area contributed by atoms with E-state index in [2.05, 4.69) is 5.32 Å². The summed E-state index contributed by atoms with van der Waals surface area (Å²) in [7, 11) is 0. The first-order valence-electron chi connectivity index (χ1n) is 8.25. The fourth-order valence-electron chi connectivity index (χ4n) is 2.94. The van der Waals surface area contributed by atoms with E-state index in [1.807, 2.05) is 32.6 Å². The van der Waals surface area contributed by atoms with Crippen molar-refractivity contribution in [1.29, 1.82) is 0 Å². The molecule has 25 heavy (non-hydrogen) atoms. The Morgan fingerprint density at radius 3 is 2.76 bits per heavy atom. The number of nitrogens with one attached hydrogen (secondary N) is 1. The van der Waals surface area contributed by atoms with Crippen LogP contribution in [0.2, 0.25) is 5.02 Å². The highest BCUT2D eigenvalue weighted by molar-refractivity contribution is 6.30. The maximum atomic E-state index is 11.9. The number of hydrogen-bond donors (Lipinski definition) is 1. The number of hydrogen-bond acceptors (Lipinski definition) is 5. The third kappa shape index (κ3) is 5.22. The van der Waals surface area contributed by atoms with Crippen LogP contribution in [0.4, 0.5) is 16.2 Å². The standard InChI is InChI=1S/C17H24ClN3O4/c1-11(19-16(22)25-17(2,3)4)12-7-8-20(10-12)14-6-5-13(18)9-15(14)21(23)24/h5-6,9,11-12H,7-8,10H2,1-4H3,(H,19,22)/t11-,12-/m1/s1. The molecule has 1 saturated heterocycles. The van der Waals surface area contributed by atoms with Crippen molar-refractivity contribution in [3.05, 3.63) is 33.3 Å². The molecular weight excluding hydrogens is 346 g/mol. The van der Waals surface area contributed by atoms with Gasteiger partial charge in [0.1, 0.15) is 11.3 Å². The predicted octanol–water partition coefficient (Wildman–Crippen LogP) is 3.99. The first-order valence-corrected chi connectivity index (χ1v) is 8.63. The predicted molar refractivity (Wildman–Crippen MR) is 97.3 cm³/mol. The summed E-state index contributed by atoms with van der Waals surface area (Å²) in [5, 5.41) is 14.5. The minimum absolute atomic E-state index is 0.000838. The number of benzene rings is 1. The molecule has 0 radical (unpaired) electrons. The molecular formula is C17H24ClN3O4.